The fraction of sp³-hybridized carbons (Fsp3) is 0.500. The summed E-state index contributed by atoms with van der Waals surface area (Å²) in [5.41, 5.74) is 0. The van der Waals surface area contributed by atoms with Crippen LogP contribution in [0.4, 0.5) is 11.6 Å². The Morgan fingerprint density at radius 1 is 1.25 bits per heavy atom. The van der Waals surface area contributed by atoms with Crippen molar-refractivity contribution in [3.8, 4) is 0 Å². The van der Waals surface area contributed by atoms with E-state index in [0.29, 0.717) is 21.7 Å². The molecular formula is C10H16Cl2N4. The topological polar surface area (TPSA) is 40.2 Å². The molecule has 1 heterocycles. The normalized spacial score (nSPS) is 10.6. The number of rotatable bonds is 5. The molecule has 0 atom stereocenters. The minimum atomic E-state index is 0.519. The molecule has 0 aliphatic heterocycles. The second-order valence-electron chi connectivity index (χ2n) is 3.63. The maximum Gasteiger partial charge on any atom is 0.147 e. The third-order valence-electron chi connectivity index (χ3n) is 2.02. The van der Waals surface area contributed by atoms with E-state index in [0.717, 1.165) is 13.1 Å². The SMILES string of the molecule is CNc1nc(NCCN(C)C)c(Cl)cc1Cl. The molecule has 0 spiro atoms. The van der Waals surface area contributed by atoms with Gasteiger partial charge in [-0.3, -0.25) is 0 Å². The van der Waals surface area contributed by atoms with Crippen LogP contribution in [-0.4, -0.2) is 44.1 Å². The number of likely N-dealkylation sites (N-methyl/N-ethyl adjacent to an activating group) is 1. The van der Waals surface area contributed by atoms with E-state index in [2.05, 4.69) is 20.5 Å². The summed E-state index contributed by atoms with van der Waals surface area (Å²) in [6.45, 7) is 1.69. The summed E-state index contributed by atoms with van der Waals surface area (Å²) in [6.07, 6.45) is 0. The van der Waals surface area contributed by atoms with Crippen molar-refractivity contribution in [1.29, 1.82) is 0 Å². The van der Waals surface area contributed by atoms with Gasteiger partial charge in [0.25, 0.3) is 0 Å². The average Bonchev–Trinajstić information content (AvgIpc) is 2.20. The molecule has 0 aromatic carbocycles. The van der Waals surface area contributed by atoms with Crippen LogP contribution in [0, 0.1) is 0 Å². The lowest BCUT2D eigenvalue weighted by Gasteiger charge is -2.13. The molecule has 0 amide bonds. The Kier molecular flexibility index (Phi) is 5.12. The van der Waals surface area contributed by atoms with E-state index in [1.807, 2.05) is 14.1 Å². The molecule has 0 unspecified atom stereocenters. The van der Waals surface area contributed by atoms with E-state index in [1.165, 1.54) is 0 Å². The van der Waals surface area contributed by atoms with E-state index >= 15 is 0 Å². The van der Waals surface area contributed by atoms with Gasteiger partial charge in [-0.25, -0.2) is 4.98 Å². The zero-order valence-electron chi connectivity index (χ0n) is 9.64. The van der Waals surface area contributed by atoms with Crippen molar-refractivity contribution in [2.75, 3.05) is 44.9 Å². The first-order valence-electron chi connectivity index (χ1n) is 4.97. The molecule has 90 valence electrons. The van der Waals surface area contributed by atoms with Crippen molar-refractivity contribution in [3.63, 3.8) is 0 Å². The molecule has 0 saturated carbocycles. The summed E-state index contributed by atoms with van der Waals surface area (Å²) in [5, 5.41) is 7.12. The highest BCUT2D eigenvalue weighted by Crippen LogP contribution is 2.28. The van der Waals surface area contributed by atoms with Gasteiger partial charge in [0.15, 0.2) is 0 Å². The summed E-state index contributed by atoms with van der Waals surface area (Å²) in [6, 6.07) is 1.68. The molecule has 4 nitrogen and oxygen atoms in total. The summed E-state index contributed by atoms with van der Waals surface area (Å²) in [5.74, 6) is 1.27. The van der Waals surface area contributed by atoms with Gasteiger partial charge in [0.05, 0.1) is 10.0 Å². The van der Waals surface area contributed by atoms with E-state index in [1.54, 1.807) is 13.1 Å². The number of aromatic nitrogens is 1. The molecule has 1 rings (SSSR count). The molecular weight excluding hydrogens is 247 g/mol. The first-order valence-corrected chi connectivity index (χ1v) is 5.72. The smallest absolute Gasteiger partial charge is 0.147 e. The highest BCUT2D eigenvalue weighted by molar-refractivity contribution is 6.37. The van der Waals surface area contributed by atoms with Gasteiger partial charge in [-0.15, -0.1) is 0 Å². The van der Waals surface area contributed by atoms with Crippen molar-refractivity contribution < 1.29 is 0 Å². The molecule has 0 bridgehead atoms. The molecule has 0 saturated heterocycles. The number of nitrogens with one attached hydrogen (secondary N) is 2. The van der Waals surface area contributed by atoms with E-state index in [-0.39, 0.29) is 0 Å². The van der Waals surface area contributed by atoms with Gasteiger partial charge in [-0.2, -0.15) is 0 Å². The third kappa shape index (κ3) is 3.70. The van der Waals surface area contributed by atoms with Gasteiger partial charge in [0, 0.05) is 20.1 Å². The largest absolute Gasteiger partial charge is 0.372 e. The van der Waals surface area contributed by atoms with Crippen LogP contribution in [0.5, 0.6) is 0 Å². The standard InChI is InChI=1S/C10H16Cl2N4/c1-13-9-7(11)6-8(12)10(15-9)14-4-5-16(2)3/h6H,4-5H2,1-3H3,(H2,13,14,15). The maximum absolute atomic E-state index is 6.02. The molecule has 0 aliphatic rings. The molecule has 0 radical (unpaired) electrons. The van der Waals surface area contributed by atoms with Gasteiger partial charge in [-0.05, 0) is 20.2 Å². The zero-order chi connectivity index (χ0) is 12.1. The summed E-state index contributed by atoms with van der Waals surface area (Å²) in [7, 11) is 5.79. The summed E-state index contributed by atoms with van der Waals surface area (Å²) >= 11 is 12.0. The number of hydrogen-bond donors (Lipinski definition) is 2. The van der Waals surface area contributed by atoms with Gasteiger partial charge in [0.2, 0.25) is 0 Å². The Morgan fingerprint density at radius 3 is 2.44 bits per heavy atom. The Balaban J connectivity index is 2.72. The van der Waals surface area contributed by atoms with Crippen LogP contribution in [0.15, 0.2) is 6.07 Å². The number of nitrogens with zero attached hydrogens (tertiary/aromatic N) is 2. The number of hydrogen-bond acceptors (Lipinski definition) is 4. The van der Waals surface area contributed by atoms with Gasteiger partial charge in [0.1, 0.15) is 11.6 Å². The molecule has 2 N–H and O–H groups in total. The van der Waals surface area contributed by atoms with Crippen LogP contribution in [0.3, 0.4) is 0 Å². The predicted octanol–water partition coefficient (Wildman–Crippen LogP) is 2.40. The van der Waals surface area contributed by atoms with Crippen molar-refractivity contribution >= 4 is 34.8 Å². The average molecular weight is 263 g/mol. The lowest BCUT2D eigenvalue weighted by molar-refractivity contribution is 0.425. The fourth-order valence-corrected chi connectivity index (χ4v) is 1.68. The number of anilines is 2. The number of pyridine rings is 1. The predicted molar refractivity (Wildman–Crippen MR) is 70.8 cm³/mol. The Morgan fingerprint density at radius 2 is 1.88 bits per heavy atom. The lowest BCUT2D eigenvalue weighted by atomic mass is 10.4. The van der Waals surface area contributed by atoms with Gasteiger partial charge < -0.3 is 15.5 Å². The molecule has 1 aromatic heterocycles. The van der Waals surface area contributed by atoms with Crippen LogP contribution in [-0.2, 0) is 0 Å². The maximum atomic E-state index is 6.02. The molecule has 16 heavy (non-hydrogen) atoms. The van der Waals surface area contributed by atoms with Crippen molar-refractivity contribution in [2.45, 2.75) is 0 Å². The van der Waals surface area contributed by atoms with Gasteiger partial charge in [-0.1, -0.05) is 23.2 Å². The first-order chi connectivity index (χ1) is 7.54. The molecule has 0 fully saturated rings. The van der Waals surface area contributed by atoms with E-state index in [9.17, 15) is 0 Å². The second kappa shape index (κ2) is 6.13. The number of halogens is 2. The van der Waals surface area contributed by atoms with Crippen molar-refractivity contribution in [2.24, 2.45) is 0 Å². The van der Waals surface area contributed by atoms with Crippen LogP contribution < -0.4 is 10.6 Å². The Labute approximate surface area is 106 Å². The van der Waals surface area contributed by atoms with Crippen molar-refractivity contribution in [1.82, 2.24) is 9.88 Å². The first kappa shape index (κ1) is 13.4. The van der Waals surface area contributed by atoms with Crippen LogP contribution in [0.25, 0.3) is 0 Å². The molecule has 6 heteroatoms. The monoisotopic (exact) mass is 262 g/mol. The molecule has 1 aromatic rings. The minimum absolute atomic E-state index is 0.519. The fourth-order valence-electron chi connectivity index (χ4n) is 1.16. The highest BCUT2D eigenvalue weighted by Gasteiger charge is 2.07. The Hall–Kier alpha value is -0.710. The van der Waals surface area contributed by atoms with Gasteiger partial charge >= 0.3 is 0 Å². The zero-order valence-corrected chi connectivity index (χ0v) is 11.2. The highest BCUT2D eigenvalue weighted by atomic mass is 35.5. The van der Waals surface area contributed by atoms with Crippen LogP contribution in [0.1, 0.15) is 0 Å². The van der Waals surface area contributed by atoms with Crippen molar-refractivity contribution in [3.05, 3.63) is 16.1 Å². The lowest BCUT2D eigenvalue weighted by Crippen LogP contribution is -2.21. The quantitative estimate of drug-likeness (QED) is 0.855. The third-order valence-corrected chi connectivity index (χ3v) is 2.59. The van der Waals surface area contributed by atoms with E-state index in [4.69, 9.17) is 23.2 Å². The van der Waals surface area contributed by atoms with Crippen LogP contribution >= 0.6 is 23.2 Å². The minimum Gasteiger partial charge on any atom is -0.372 e. The van der Waals surface area contributed by atoms with Crippen LogP contribution in [0.2, 0.25) is 10.0 Å². The molecule has 0 aliphatic carbocycles. The summed E-state index contributed by atoms with van der Waals surface area (Å²) in [4.78, 5) is 6.36. The second-order valence-corrected chi connectivity index (χ2v) is 4.44. The summed E-state index contributed by atoms with van der Waals surface area (Å²) < 4.78 is 0. The Bertz CT molecular complexity index is 355. The van der Waals surface area contributed by atoms with E-state index < -0.39 is 0 Å².